The van der Waals surface area contributed by atoms with E-state index in [0.29, 0.717) is 19.2 Å². The molecule has 0 amide bonds. The second-order valence-corrected chi connectivity index (χ2v) is 5.25. The molecular formula is C12H18BrN3O. The van der Waals surface area contributed by atoms with Crippen molar-refractivity contribution < 1.29 is 4.74 Å². The quantitative estimate of drug-likeness (QED) is 0.903. The smallest absolute Gasteiger partial charge is 0.143 e. The summed E-state index contributed by atoms with van der Waals surface area (Å²) in [5.74, 6) is 0.985. The Hall–Kier alpha value is -0.650. The Morgan fingerprint density at radius 1 is 1.65 bits per heavy atom. The van der Waals surface area contributed by atoms with Crippen LogP contribution in [0.1, 0.15) is 12.5 Å². The molecule has 2 N–H and O–H groups in total. The van der Waals surface area contributed by atoms with E-state index >= 15 is 0 Å². The molecule has 1 aliphatic heterocycles. The van der Waals surface area contributed by atoms with Gasteiger partial charge in [0.2, 0.25) is 0 Å². The van der Waals surface area contributed by atoms with Crippen molar-refractivity contribution in [3.05, 3.63) is 22.3 Å². The highest BCUT2D eigenvalue weighted by Crippen LogP contribution is 2.29. The third kappa shape index (κ3) is 2.61. The predicted octanol–water partition coefficient (Wildman–Crippen LogP) is 1.70. The Labute approximate surface area is 110 Å². The standard InChI is InChI=1S/C12H18BrN3O/c1-8-3-4-15-12(11(8)13)16-6-10(5-14)17-7-9(16)2/h3-4,9-10H,5-7,14H2,1-2H3. The molecular weight excluding hydrogens is 282 g/mol. The highest BCUT2D eigenvalue weighted by atomic mass is 79.9. The lowest BCUT2D eigenvalue weighted by molar-refractivity contribution is 0.0279. The molecule has 5 heteroatoms. The van der Waals surface area contributed by atoms with Crippen LogP contribution >= 0.6 is 15.9 Å². The Bertz CT molecular complexity index is 399. The summed E-state index contributed by atoms with van der Waals surface area (Å²) in [5, 5.41) is 0. The van der Waals surface area contributed by atoms with Crippen LogP contribution in [0.15, 0.2) is 16.7 Å². The summed E-state index contributed by atoms with van der Waals surface area (Å²) in [6, 6.07) is 2.32. The van der Waals surface area contributed by atoms with Crippen LogP contribution in [0.25, 0.3) is 0 Å². The lowest BCUT2D eigenvalue weighted by Crippen LogP contribution is -2.51. The molecule has 2 rings (SSSR count). The van der Waals surface area contributed by atoms with Gasteiger partial charge in [-0.15, -0.1) is 0 Å². The van der Waals surface area contributed by atoms with Crippen molar-refractivity contribution in [2.24, 2.45) is 5.73 Å². The summed E-state index contributed by atoms with van der Waals surface area (Å²) in [6.07, 6.45) is 1.94. The van der Waals surface area contributed by atoms with E-state index < -0.39 is 0 Å². The van der Waals surface area contributed by atoms with Crippen LogP contribution in [0.4, 0.5) is 5.82 Å². The zero-order valence-corrected chi connectivity index (χ0v) is 11.8. The number of anilines is 1. The minimum absolute atomic E-state index is 0.0976. The normalized spacial score (nSPS) is 25.1. The Morgan fingerprint density at radius 2 is 2.41 bits per heavy atom. The maximum Gasteiger partial charge on any atom is 0.143 e. The number of aromatic nitrogens is 1. The molecule has 0 spiro atoms. The first-order chi connectivity index (χ1) is 8.13. The van der Waals surface area contributed by atoms with Gasteiger partial charge >= 0.3 is 0 Å². The number of aryl methyl sites for hydroxylation is 1. The van der Waals surface area contributed by atoms with Gasteiger partial charge in [0.05, 0.1) is 23.2 Å². The molecule has 2 heterocycles. The SMILES string of the molecule is Cc1ccnc(N2CC(CN)OCC2C)c1Br. The molecule has 17 heavy (non-hydrogen) atoms. The van der Waals surface area contributed by atoms with E-state index in [2.05, 4.69) is 39.7 Å². The molecule has 1 saturated heterocycles. The summed E-state index contributed by atoms with van der Waals surface area (Å²) >= 11 is 3.61. The molecule has 1 aromatic rings. The van der Waals surface area contributed by atoms with Crippen LogP contribution in [0.5, 0.6) is 0 Å². The van der Waals surface area contributed by atoms with Crippen LogP contribution in [0, 0.1) is 6.92 Å². The monoisotopic (exact) mass is 299 g/mol. The Balaban J connectivity index is 2.27. The fraction of sp³-hybridized carbons (Fsp3) is 0.583. The van der Waals surface area contributed by atoms with E-state index in [4.69, 9.17) is 10.5 Å². The molecule has 4 nitrogen and oxygen atoms in total. The summed E-state index contributed by atoms with van der Waals surface area (Å²) < 4.78 is 6.71. The van der Waals surface area contributed by atoms with Crippen molar-refractivity contribution in [2.75, 3.05) is 24.6 Å². The lowest BCUT2D eigenvalue weighted by atomic mass is 10.2. The van der Waals surface area contributed by atoms with Crippen LogP contribution in [0.2, 0.25) is 0 Å². The summed E-state index contributed by atoms with van der Waals surface area (Å²) in [4.78, 5) is 6.73. The predicted molar refractivity (Wildman–Crippen MR) is 72.3 cm³/mol. The summed E-state index contributed by atoms with van der Waals surface area (Å²) in [5.41, 5.74) is 6.87. The molecule has 0 saturated carbocycles. The van der Waals surface area contributed by atoms with Gasteiger partial charge in [-0.05, 0) is 41.4 Å². The number of nitrogens with two attached hydrogens (primary N) is 1. The second kappa shape index (κ2) is 5.33. The van der Waals surface area contributed by atoms with Gasteiger partial charge in [0.25, 0.3) is 0 Å². The van der Waals surface area contributed by atoms with E-state index in [1.807, 2.05) is 12.3 Å². The van der Waals surface area contributed by atoms with Gasteiger partial charge in [-0.3, -0.25) is 0 Å². The molecule has 0 aromatic carbocycles. The Kier molecular flexibility index (Phi) is 4.01. The molecule has 1 fully saturated rings. The topological polar surface area (TPSA) is 51.4 Å². The highest BCUT2D eigenvalue weighted by Gasteiger charge is 2.27. The second-order valence-electron chi connectivity index (χ2n) is 4.46. The Morgan fingerprint density at radius 3 is 3.12 bits per heavy atom. The molecule has 94 valence electrons. The van der Waals surface area contributed by atoms with Gasteiger partial charge in [-0.25, -0.2) is 4.98 Å². The zero-order chi connectivity index (χ0) is 12.4. The average molecular weight is 300 g/mol. The third-order valence-corrected chi connectivity index (χ3v) is 4.08. The first kappa shape index (κ1) is 12.8. The van der Waals surface area contributed by atoms with Crippen LogP contribution in [-0.4, -0.2) is 36.8 Å². The maximum atomic E-state index is 5.67. The number of hydrogen-bond acceptors (Lipinski definition) is 4. The van der Waals surface area contributed by atoms with E-state index in [1.165, 1.54) is 5.56 Å². The number of hydrogen-bond donors (Lipinski definition) is 1. The van der Waals surface area contributed by atoms with Crippen molar-refractivity contribution in [1.82, 2.24) is 4.98 Å². The van der Waals surface area contributed by atoms with E-state index in [-0.39, 0.29) is 6.10 Å². The first-order valence-electron chi connectivity index (χ1n) is 5.83. The maximum absolute atomic E-state index is 5.67. The van der Waals surface area contributed by atoms with Crippen molar-refractivity contribution in [1.29, 1.82) is 0 Å². The fourth-order valence-electron chi connectivity index (χ4n) is 1.98. The number of rotatable bonds is 2. The van der Waals surface area contributed by atoms with Crippen molar-refractivity contribution in [3.63, 3.8) is 0 Å². The van der Waals surface area contributed by atoms with Gasteiger partial charge in [0, 0.05) is 19.3 Å². The average Bonchev–Trinajstić information content (AvgIpc) is 2.34. The van der Waals surface area contributed by atoms with Gasteiger partial charge in [0.1, 0.15) is 5.82 Å². The number of nitrogens with zero attached hydrogens (tertiary/aromatic N) is 2. The molecule has 2 unspecified atom stereocenters. The molecule has 1 aromatic heterocycles. The summed E-state index contributed by atoms with van der Waals surface area (Å²) in [7, 11) is 0. The van der Waals surface area contributed by atoms with Gasteiger partial charge in [-0.1, -0.05) is 0 Å². The van der Waals surface area contributed by atoms with Gasteiger partial charge in [0.15, 0.2) is 0 Å². The van der Waals surface area contributed by atoms with Gasteiger partial charge in [-0.2, -0.15) is 0 Å². The van der Waals surface area contributed by atoms with Gasteiger partial charge < -0.3 is 15.4 Å². The lowest BCUT2D eigenvalue weighted by Gasteiger charge is -2.39. The molecule has 0 bridgehead atoms. The van der Waals surface area contributed by atoms with Crippen LogP contribution in [-0.2, 0) is 4.74 Å². The van der Waals surface area contributed by atoms with E-state index in [9.17, 15) is 0 Å². The van der Waals surface area contributed by atoms with E-state index in [0.717, 1.165) is 16.8 Å². The molecule has 1 aliphatic rings. The third-order valence-electron chi connectivity index (χ3n) is 3.10. The molecule has 0 aliphatic carbocycles. The summed E-state index contributed by atoms with van der Waals surface area (Å²) in [6.45, 7) is 6.26. The minimum Gasteiger partial charge on any atom is -0.373 e. The largest absolute Gasteiger partial charge is 0.373 e. The number of ether oxygens (including phenoxy) is 1. The number of morpholine rings is 1. The van der Waals surface area contributed by atoms with Crippen molar-refractivity contribution in [3.8, 4) is 0 Å². The van der Waals surface area contributed by atoms with E-state index in [1.54, 1.807) is 0 Å². The molecule has 0 radical (unpaired) electrons. The van der Waals surface area contributed by atoms with Crippen molar-refractivity contribution >= 4 is 21.7 Å². The first-order valence-corrected chi connectivity index (χ1v) is 6.62. The zero-order valence-electron chi connectivity index (χ0n) is 10.2. The van der Waals surface area contributed by atoms with Crippen molar-refractivity contribution in [2.45, 2.75) is 26.0 Å². The van der Waals surface area contributed by atoms with Crippen LogP contribution in [0.3, 0.4) is 0 Å². The molecule has 2 atom stereocenters. The highest BCUT2D eigenvalue weighted by molar-refractivity contribution is 9.10. The number of halogens is 1. The number of pyridine rings is 1. The minimum atomic E-state index is 0.0976. The fourth-order valence-corrected chi connectivity index (χ4v) is 2.44. The van der Waals surface area contributed by atoms with Crippen LogP contribution < -0.4 is 10.6 Å².